The van der Waals surface area contributed by atoms with Crippen molar-refractivity contribution in [3.63, 3.8) is 0 Å². The van der Waals surface area contributed by atoms with E-state index in [-0.39, 0.29) is 0 Å². The Morgan fingerprint density at radius 2 is 2.00 bits per heavy atom. The average molecular weight is 186 g/mol. The molecule has 0 amide bonds. The molecule has 0 spiro atoms. The van der Waals surface area contributed by atoms with Crippen LogP contribution in [0.15, 0.2) is 0 Å². The van der Waals surface area contributed by atoms with Crippen molar-refractivity contribution in [2.24, 2.45) is 5.92 Å². The minimum atomic E-state index is 0.837. The fourth-order valence-corrected chi connectivity index (χ4v) is 1.40. The largest absolute Gasteiger partial charge is 0.317 e. The molecule has 0 aliphatic carbocycles. The Kier molecular flexibility index (Phi) is 8.46. The maximum Gasteiger partial charge on any atom is 0.000388 e. The fourth-order valence-electron chi connectivity index (χ4n) is 1.40. The number of hydrogen-bond acceptors (Lipinski definition) is 2. The van der Waals surface area contributed by atoms with Gasteiger partial charge in [0, 0.05) is 6.54 Å². The molecule has 80 valence electrons. The third kappa shape index (κ3) is 8.26. The predicted octanol–water partition coefficient (Wildman–Crippen LogP) is 1.96. The van der Waals surface area contributed by atoms with Crippen molar-refractivity contribution >= 4 is 0 Å². The van der Waals surface area contributed by atoms with Gasteiger partial charge in [0.25, 0.3) is 0 Å². The Morgan fingerprint density at radius 1 is 1.31 bits per heavy atom. The molecule has 0 saturated heterocycles. The van der Waals surface area contributed by atoms with Crippen molar-refractivity contribution < 1.29 is 0 Å². The Hall–Kier alpha value is -0.0800. The first kappa shape index (κ1) is 12.9. The van der Waals surface area contributed by atoms with E-state index in [1.807, 2.05) is 0 Å². The fraction of sp³-hybridized carbons (Fsp3) is 1.00. The van der Waals surface area contributed by atoms with Crippen LogP contribution in [0.2, 0.25) is 0 Å². The summed E-state index contributed by atoms with van der Waals surface area (Å²) in [4.78, 5) is 2.44. The summed E-state index contributed by atoms with van der Waals surface area (Å²) in [7, 11) is 2.22. The van der Waals surface area contributed by atoms with E-state index in [2.05, 4.69) is 38.0 Å². The van der Waals surface area contributed by atoms with Crippen molar-refractivity contribution in [3.8, 4) is 0 Å². The second kappa shape index (κ2) is 8.52. The lowest BCUT2D eigenvalue weighted by molar-refractivity contribution is 0.278. The van der Waals surface area contributed by atoms with Gasteiger partial charge < -0.3 is 10.2 Å². The molecule has 1 N–H and O–H groups in total. The average Bonchev–Trinajstić information content (AvgIpc) is 2.12. The van der Waals surface area contributed by atoms with Crippen LogP contribution < -0.4 is 5.32 Å². The van der Waals surface area contributed by atoms with Crippen LogP contribution in [-0.4, -0.2) is 38.1 Å². The van der Waals surface area contributed by atoms with E-state index in [9.17, 15) is 0 Å². The summed E-state index contributed by atoms with van der Waals surface area (Å²) >= 11 is 0. The lowest BCUT2D eigenvalue weighted by atomic mass is 10.1. The second-order valence-corrected chi connectivity index (χ2v) is 3.98. The SMILES string of the molecule is CCNCCCN(C)CC(C)CC. The molecule has 0 saturated carbocycles. The van der Waals surface area contributed by atoms with Crippen LogP contribution in [0.5, 0.6) is 0 Å². The van der Waals surface area contributed by atoms with Gasteiger partial charge in [0.15, 0.2) is 0 Å². The highest BCUT2D eigenvalue weighted by Crippen LogP contribution is 2.02. The van der Waals surface area contributed by atoms with Crippen LogP contribution in [0.3, 0.4) is 0 Å². The van der Waals surface area contributed by atoms with E-state index >= 15 is 0 Å². The molecule has 0 aromatic carbocycles. The van der Waals surface area contributed by atoms with Gasteiger partial charge in [0.05, 0.1) is 0 Å². The van der Waals surface area contributed by atoms with E-state index in [1.165, 1.54) is 25.9 Å². The van der Waals surface area contributed by atoms with Crippen LogP contribution in [0.25, 0.3) is 0 Å². The normalized spacial score (nSPS) is 13.6. The quantitative estimate of drug-likeness (QED) is 0.583. The number of nitrogens with one attached hydrogen (secondary N) is 1. The summed E-state index contributed by atoms with van der Waals surface area (Å²) in [6, 6.07) is 0. The zero-order valence-electron chi connectivity index (χ0n) is 9.77. The monoisotopic (exact) mass is 186 g/mol. The first-order valence-corrected chi connectivity index (χ1v) is 5.59. The molecular weight excluding hydrogens is 160 g/mol. The molecule has 2 nitrogen and oxygen atoms in total. The Balaban J connectivity index is 3.24. The highest BCUT2D eigenvalue weighted by molar-refractivity contribution is 4.58. The third-order valence-corrected chi connectivity index (χ3v) is 2.46. The van der Waals surface area contributed by atoms with Gasteiger partial charge >= 0.3 is 0 Å². The molecule has 0 heterocycles. The number of nitrogens with zero attached hydrogens (tertiary/aromatic N) is 1. The van der Waals surface area contributed by atoms with Crippen molar-refractivity contribution in [2.75, 3.05) is 33.2 Å². The van der Waals surface area contributed by atoms with Crippen LogP contribution in [0.1, 0.15) is 33.6 Å². The van der Waals surface area contributed by atoms with Gasteiger partial charge in [-0.15, -0.1) is 0 Å². The number of rotatable bonds is 8. The Morgan fingerprint density at radius 3 is 2.54 bits per heavy atom. The summed E-state index contributed by atoms with van der Waals surface area (Å²) in [5.41, 5.74) is 0. The molecule has 0 radical (unpaired) electrons. The second-order valence-electron chi connectivity index (χ2n) is 3.98. The maximum absolute atomic E-state index is 3.34. The molecule has 13 heavy (non-hydrogen) atoms. The zero-order valence-corrected chi connectivity index (χ0v) is 9.77. The third-order valence-electron chi connectivity index (χ3n) is 2.46. The lowest BCUT2D eigenvalue weighted by Gasteiger charge is -2.20. The maximum atomic E-state index is 3.34. The smallest absolute Gasteiger partial charge is 0.000388 e. The predicted molar refractivity (Wildman–Crippen MR) is 60.1 cm³/mol. The van der Waals surface area contributed by atoms with Gasteiger partial charge in [-0.05, 0) is 39.0 Å². The van der Waals surface area contributed by atoms with E-state index < -0.39 is 0 Å². The van der Waals surface area contributed by atoms with E-state index in [0.717, 1.165) is 19.0 Å². The van der Waals surface area contributed by atoms with Crippen molar-refractivity contribution in [1.82, 2.24) is 10.2 Å². The molecule has 1 atom stereocenters. The van der Waals surface area contributed by atoms with Gasteiger partial charge in [0.1, 0.15) is 0 Å². The van der Waals surface area contributed by atoms with Crippen molar-refractivity contribution in [3.05, 3.63) is 0 Å². The summed E-state index contributed by atoms with van der Waals surface area (Å²) < 4.78 is 0. The molecule has 2 heteroatoms. The lowest BCUT2D eigenvalue weighted by Crippen LogP contribution is -2.27. The Labute approximate surface area is 83.7 Å². The molecule has 0 aliphatic heterocycles. The van der Waals surface area contributed by atoms with E-state index in [4.69, 9.17) is 0 Å². The minimum absolute atomic E-state index is 0.837. The first-order valence-electron chi connectivity index (χ1n) is 5.59. The molecule has 0 fully saturated rings. The van der Waals surface area contributed by atoms with Crippen molar-refractivity contribution in [2.45, 2.75) is 33.6 Å². The Bertz CT molecular complexity index is 104. The van der Waals surface area contributed by atoms with Crippen LogP contribution in [0.4, 0.5) is 0 Å². The highest BCUT2D eigenvalue weighted by atomic mass is 15.1. The van der Waals surface area contributed by atoms with Crippen LogP contribution >= 0.6 is 0 Å². The summed E-state index contributed by atoms with van der Waals surface area (Å²) in [5.74, 6) is 0.837. The van der Waals surface area contributed by atoms with E-state index in [0.29, 0.717) is 0 Å². The highest BCUT2D eigenvalue weighted by Gasteiger charge is 2.02. The van der Waals surface area contributed by atoms with Gasteiger partial charge in [-0.3, -0.25) is 0 Å². The first-order chi connectivity index (χ1) is 6.20. The van der Waals surface area contributed by atoms with Crippen molar-refractivity contribution in [1.29, 1.82) is 0 Å². The molecule has 0 rings (SSSR count). The zero-order chi connectivity index (χ0) is 10.1. The molecule has 0 aromatic rings. The summed E-state index contributed by atoms with van der Waals surface area (Å²) in [6.45, 7) is 11.4. The molecule has 0 aromatic heterocycles. The summed E-state index contributed by atoms with van der Waals surface area (Å²) in [6.07, 6.45) is 2.55. The van der Waals surface area contributed by atoms with Gasteiger partial charge in [0.2, 0.25) is 0 Å². The van der Waals surface area contributed by atoms with Crippen LogP contribution in [0, 0.1) is 5.92 Å². The molecule has 0 aliphatic rings. The topological polar surface area (TPSA) is 15.3 Å². The van der Waals surface area contributed by atoms with Crippen LogP contribution in [-0.2, 0) is 0 Å². The van der Waals surface area contributed by atoms with Gasteiger partial charge in [-0.1, -0.05) is 27.2 Å². The van der Waals surface area contributed by atoms with E-state index in [1.54, 1.807) is 0 Å². The van der Waals surface area contributed by atoms with Gasteiger partial charge in [-0.2, -0.15) is 0 Å². The molecule has 0 bridgehead atoms. The molecular formula is C11H26N2. The summed E-state index contributed by atoms with van der Waals surface area (Å²) in [5, 5.41) is 3.34. The van der Waals surface area contributed by atoms with Gasteiger partial charge in [-0.25, -0.2) is 0 Å². The standard InChI is InChI=1S/C11H26N2/c1-5-11(3)10-13(4)9-7-8-12-6-2/h11-12H,5-10H2,1-4H3. The minimum Gasteiger partial charge on any atom is -0.317 e. The molecule has 1 unspecified atom stereocenters. The number of hydrogen-bond donors (Lipinski definition) is 1.